The molecule has 0 radical (unpaired) electrons. The normalized spacial score (nSPS) is 42.9. The van der Waals surface area contributed by atoms with Crippen LogP contribution in [-0.2, 0) is 43.4 Å². The fraction of sp³-hybridized carbons (Fsp3) is 0.912. The van der Waals surface area contributed by atoms with Crippen LogP contribution in [0, 0.1) is 46.3 Å². The van der Waals surface area contributed by atoms with Gasteiger partial charge in [0.2, 0.25) is 17.5 Å². The Morgan fingerprint density at radius 3 is 2.14 bits per heavy atom. The Hall–Kier alpha value is -1.75. The van der Waals surface area contributed by atoms with Gasteiger partial charge in [-0.15, -0.1) is 0 Å². The molecule has 5 aliphatic carbocycles. The molecule has 248 valence electrons. The van der Waals surface area contributed by atoms with Gasteiger partial charge in [0.15, 0.2) is 0 Å². The number of hydrogen-bond acceptors (Lipinski definition) is 9. The first-order chi connectivity index (χ1) is 20.8. The molecule has 0 aromatic carbocycles. The van der Waals surface area contributed by atoms with Gasteiger partial charge in [-0.05, 0) is 86.4 Å². The van der Waals surface area contributed by atoms with E-state index in [2.05, 4.69) is 20.8 Å². The zero-order chi connectivity index (χ0) is 31.5. The standard InChI is InChI=1S/C34H53NO9/c1-20(9-12-29(35)38)24-10-11-25-30-26(18-28(32(24,25)5)40-22(3)37)31(4)15-16-34(19-23(31)17-27(30)39-21(2)36)43-41-33(42-44-34)13-7-6-8-14-33/h20,23-28,30H,6-19H2,1-5H3,(H2,35,38)/t20-,23-,24-,25+,26+,27-,28+,30+,31+,32-/m1/s1. The first-order valence-electron chi connectivity index (χ1n) is 17.2. The summed E-state index contributed by atoms with van der Waals surface area (Å²) >= 11 is 0. The van der Waals surface area contributed by atoms with E-state index in [-0.39, 0.29) is 76.4 Å². The molecule has 6 fully saturated rings. The lowest BCUT2D eigenvalue weighted by molar-refractivity contribution is -0.665. The van der Waals surface area contributed by atoms with Crippen LogP contribution in [0.1, 0.15) is 125 Å². The number of ether oxygens (including phenoxy) is 2. The first kappa shape index (κ1) is 32.2. The number of carbonyl (C=O) groups is 3. The van der Waals surface area contributed by atoms with Crippen molar-refractivity contribution >= 4 is 17.8 Å². The van der Waals surface area contributed by atoms with Crippen molar-refractivity contribution in [3.8, 4) is 0 Å². The Balaban J connectivity index is 1.29. The average molecular weight is 620 g/mol. The van der Waals surface area contributed by atoms with E-state index in [1.165, 1.54) is 13.8 Å². The molecule has 10 nitrogen and oxygen atoms in total. The van der Waals surface area contributed by atoms with Crippen molar-refractivity contribution < 1.29 is 43.4 Å². The van der Waals surface area contributed by atoms with Crippen molar-refractivity contribution in [1.29, 1.82) is 0 Å². The Kier molecular flexibility index (Phi) is 8.64. The molecular formula is C34H53NO9. The van der Waals surface area contributed by atoms with E-state index in [0.717, 1.165) is 51.4 Å². The van der Waals surface area contributed by atoms with Gasteiger partial charge in [0, 0.05) is 57.3 Å². The predicted molar refractivity (Wildman–Crippen MR) is 158 cm³/mol. The fourth-order valence-corrected chi connectivity index (χ4v) is 11.1. The fourth-order valence-electron chi connectivity index (χ4n) is 11.1. The molecule has 6 rings (SSSR count). The van der Waals surface area contributed by atoms with E-state index in [4.69, 9.17) is 34.8 Å². The second kappa shape index (κ2) is 11.8. The lowest BCUT2D eigenvalue weighted by Gasteiger charge is -2.65. The highest BCUT2D eigenvalue weighted by molar-refractivity contribution is 5.73. The summed E-state index contributed by atoms with van der Waals surface area (Å²) in [6.07, 6.45) is 10.6. The number of primary amides is 1. The van der Waals surface area contributed by atoms with Crippen LogP contribution in [-0.4, -0.2) is 41.6 Å². The van der Waals surface area contributed by atoms with Crippen molar-refractivity contribution in [3.63, 3.8) is 0 Å². The number of fused-ring (bicyclic) bond motifs is 5. The van der Waals surface area contributed by atoms with Crippen molar-refractivity contribution in [2.45, 2.75) is 148 Å². The zero-order valence-corrected chi connectivity index (χ0v) is 27.3. The summed E-state index contributed by atoms with van der Waals surface area (Å²) in [4.78, 5) is 61.0. The SMILES string of the molecule is CC(=O)O[C@H]1C[C@H]2[C@@H]([C@H](OC(C)=O)C[C@@H]3CC4(CC[C@@]32C)OOC2(CCCCC2)OO4)[C@@H]2CC[C@H]([C@H](C)CCC(N)=O)[C@@]12C. The van der Waals surface area contributed by atoms with Crippen molar-refractivity contribution in [3.05, 3.63) is 0 Å². The van der Waals surface area contributed by atoms with Crippen LogP contribution in [0.5, 0.6) is 0 Å². The highest BCUT2D eigenvalue weighted by atomic mass is 17.4. The van der Waals surface area contributed by atoms with Gasteiger partial charge in [0.1, 0.15) is 12.2 Å². The Morgan fingerprint density at radius 1 is 0.841 bits per heavy atom. The number of rotatable bonds is 6. The van der Waals surface area contributed by atoms with E-state index in [1.807, 2.05) is 0 Å². The third-order valence-electron chi connectivity index (χ3n) is 13.3. The molecule has 44 heavy (non-hydrogen) atoms. The van der Waals surface area contributed by atoms with Crippen molar-refractivity contribution in [2.75, 3.05) is 0 Å². The largest absolute Gasteiger partial charge is 0.462 e. The molecule has 0 aromatic heterocycles. The third-order valence-corrected chi connectivity index (χ3v) is 13.3. The molecule has 0 bridgehead atoms. The summed E-state index contributed by atoms with van der Waals surface area (Å²) < 4.78 is 12.5. The second-order valence-corrected chi connectivity index (χ2v) is 15.7. The molecular weight excluding hydrogens is 566 g/mol. The molecule has 1 amide bonds. The maximum Gasteiger partial charge on any atom is 0.302 e. The minimum atomic E-state index is -0.993. The maximum atomic E-state index is 12.6. The van der Waals surface area contributed by atoms with E-state index in [9.17, 15) is 14.4 Å². The van der Waals surface area contributed by atoms with Crippen LogP contribution in [0.15, 0.2) is 0 Å². The molecule has 6 aliphatic rings. The van der Waals surface area contributed by atoms with Gasteiger partial charge in [0.05, 0.1) is 0 Å². The highest BCUT2D eigenvalue weighted by Crippen LogP contribution is 2.70. The Bertz CT molecular complexity index is 1110. The maximum absolute atomic E-state index is 12.6. The molecule has 1 aliphatic heterocycles. The molecule has 10 atom stereocenters. The van der Waals surface area contributed by atoms with Gasteiger partial charge in [-0.2, -0.15) is 19.6 Å². The molecule has 1 heterocycles. The van der Waals surface area contributed by atoms with Gasteiger partial charge in [-0.3, -0.25) is 14.4 Å². The molecule has 5 saturated carbocycles. The number of esters is 2. The summed E-state index contributed by atoms with van der Waals surface area (Å²) in [5, 5.41) is 0. The lowest BCUT2D eigenvalue weighted by Crippen LogP contribution is -2.65. The molecule has 2 N–H and O–H groups in total. The van der Waals surface area contributed by atoms with Gasteiger partial charge in [0.25, 0.3) is 0 Å². The summed E-state index contributed by atoms with van der Waals surface area (Å²) in [6.45, 7) is 9.85. The van der Waals surface area contributed by atoms with Gasteiger partial charge in [-0.25, -0.2) is 0 Å². The first-order valence-corrected chi connectivity index (χ1v) is 17.2. The number of amides is 1. The third kappa shape index (κ3) is 5.49. The van der Waals surface area contributed by atoms with E-state index < -0.39 is 11.6 Å². The average Bonchev–Trinajstić information content (AvgIpc) is 3.33. The predicted octanol–water partition coefficient (Wildman–Crippen LogP) is 5.90. The lowest BCUT2D eigenvalue weighted by atomic mass is 9.42. The van der Waals surface area contributed by atoms with Gasteiger partial charge < -0.3 is 15.2 Å². The molecule has 0 unspecified atom stereocenters. The van der Waals surface area contributed by atoms with E-state index in [0.29, 0.717) is 38.5 Å². The summed E-state index contributed by atoms with van der Waals surface area (Å²) in [7, 11) is 0. The van der Waals surface area contributed by atoms with Crippen LogP contribution in [0.4, 0.5) is 0 Å². The second-order valence-electron chi connectivity index (χ2n) is 15.7. The number of nitrogens with two attached hydrogens (primary N) is 1. The van der Waals surface area contributed by atoms with Crippen LogP contribution in [0.2, 0.25) is 0 Å². The van der Waals surface area contributed by atoms with Crippen LogP contribution in [0.3, 0.4) is 0 Å². The van der Waals surface area contributed by atoms with Crippen LogP contribution >= 0.6 is 0 Å². The van der Waals surface area contributed by atoms with Gasteiger partial charge >= 0.3 is 11.9 Å². The van der Waals surface area contributed by atoms with E-state index in [1.54, 1.807) is 0 Å². The zero-order valence-electron chi connectivity index (χ0n) is 27.3. The minimum Gasteiger partial charge on any atom is -0.462 e. The highest BCUT2D eigenvalue weighted by Gasteiger charge is 2.69. The molecule has 2 spiro atoms. The number of hydrogen-bond donors (Lipinski definition) is 1. The van der Waals surface area contributed by atoms with Crippen LogP contribution in [0.25, 0.3) is 0 Å². The van der Waals surface area contributed by atoms with Crippen molar-refractivity contribution in [1.82, 2.24) is 0 Å². The molecule has 10 heteroatoms. The van der Waals surface area contributed by atoms with Gasteiger partial charge in [-0.1, -0.05) is 27.2 Å². The smallest absolute Gasteiger partial charge is 0.302 e. The minimum absolute atomic E-state index is 0.103. The molecule has 1 saturated heterocycles. The quantitative estimate of drug-likeness (QED) is 0.285. The summed E-state index contributed by atoms with van der Waals surface area (Å²) in [5.74, 6) is -1.46. The monoisotopic (exact) mass is 619 g/mol. The number of carbonyl (C=O) groups excluding carboxylic acids is 3. The summed E-state index contributed by atoms with van der Waals surface area (Å²) in [6, 6.07) is 0. The summed E-state index contributed by atoms with van der Waals surface area (Å²) in [5.41, 5.74) is 5.12. The topological polar surface area (TPSA) is 133 Å². The Labute approximate surface area is 261 Å². The molecule has 0 aromatic rings. The van der Waals surface area contributed by atoms with Crippen molar-refractivity contribution in [2.24, 2.45) is 52.1 Å². The van der Waals surface area contributed by atoms with E-state index >= 15 is 0 Å². The van der Waals surface area contributed by atoms with Crippen LogP contribution < -0.4 is 5.73 Å². The Morgan fingerprint density at radius 2 is 1.50 bits per heavy atom.